The smallest absolute Gasteiger partial charge is 0.274 e. The van der Waals surface area contributed by atoms with Crippen molar-refractivity contribution in [2.24, 2.45) is 0 Å². The largest absolute Gasteiger partial charge is 0.350 e. The first-order valence-electron chi connectivity index (χ1n) is 7.36. The standard InChI is InChI=1S/C17H18BrN3O3/c1-11-6-7-15(20-12(2)22)17(24)21(11)10-16(23)19-9-13-4-3-5-14(18)8-13/h3-8H,9-10H2,1-2H3,(H,19,23)(H,20,22). The van der Waals surface area contributed by atoms with Crippen molar-refractivity contribution in [1.29, 1.82) is 0 Å². The van der Waals surface area contributed by atoms with Crippen molar-refractivity contribution in [2.75, 3.05) is 5.32 Å². The van der Waals surface area contributed by atoms with Crippen LogP contribution in [0.4, 0.5) is 5.69 Å². The van der Waals surface area contributed by atoms with Crippen LogP contribution in [0.3, 0.4) is 0 Å². The van der Waals surface area contributed by atoms with E-state index in [2.05, 4.69) is 26.6 Å². The van der Waals surface area contributed by atoms with Crippen LogP contribution in [-0.2, 0) is 22.7 Å². The van der Waals surface area contributed by atoms with Gasteiger partial charge in [-0.1, -0.05) is 28.1 Å². The highest BCUT2D eigenvalue weighted by atomic mass is 79.9. The Labute approximate surface area is 148 Å². The summed E-state index contributed by atoms with van der Waals surface area (Å²) >= 11 is 3.38. The number of rotatable bonds is 5. The van der Waals surface area contributed by atoms with Crippen molar-refractivity contribution in [3.63, 3.8) is 0 Å². The number of benzene rings is 1. The number of halogens is 1. The molecule has 0 atom stereocenters. The van der Waals surface area contributed by atoms with E-state index in [9.17, 15) is 14.4 Å². The number of nitrogens with one attached hydrogen (secondary N) is 2. The van der Waals surface area contributed by atoms with E-state index in [1.165, 1.54) is 17.6 Å². The summed E-state index contributed by atoms with van der Waals surface area (Å²) < 4.78 is 2.27. The van der Waals surface area contributed by atoms with E-state index in [1.54, 1.807) is 13.0 Å². The molecule has 0 fully saturated rings. The van der Waals surface area contributed by atoms with Gasteiger partial charge in [0.2, 0.25) is 11.8 Å². The molecule has 0 spiro atoms. The van der Waals surface area contributed by atoms with Crippen LogP contribution in [0.25, 0.3) is 0 Å². The molecule has 0 bridgehead atoms. The Hall–Kier alpha value is -2.41. The molecule has 7 heteroatoms. The SMILES string of the molecule is CC(=O)Nc1ccc(C)n(CC(=O)NCc2cccc(Br)c2)c1=O. The van der Waals surface area contributed by atoms with Gasteiger partial charge in [0.05, 0.1) is 0 Å². The Morgan fingerprint density at radius 3 is 2.62 bits per heavy atom. The van der Waals surface area contributed by atoms with Crippen molar-refractivity contribution in [1.82, 2.24) is 9.88 Å². The monoisotopic (exact) mass is 391 g/mol. The van der Waals surface area contributed by atoms with Crippen LogP contribution in [0.1, 0.15) is 18.2 Å². The number of aryl methyl sites for hydroxylation is 1. The second-order valence-corrected chi connectivity index (χ2v) is 6.28. The van der Waals surface area contributed by atoms with Crippen molar-refractivity contribution in [3.05, 3.63) is 62.5 Å². The molecule has 1 aromatic heterocycles. The maximum Gasteiger partial charge on any atom is 0.274 e. The summed E-state index contributed by atoms with van der Waals surface area (Å²) in [6, 6.07) is 10.8. The minimum Gasteiger partial charge on any atom is -0.350 e. The first kappa shape index (κ1) is 17.9. The van der Waals surface area contributed by atoms with E-state index in [4.69, 9.17) is 0 Å². The first-order chi connectivity index (χ1) is 11.4. The van der Waals surface area contributed by atoms with Crippen LogP contribution >= 0.6 is 15.9 Å². The zero-order valence-electron chi connectivity index (χ0n) is 13.4. The summed E-state index contributed by atoms with van der Waals surface area (Å²) in [5, 5.41) is 5.25. The lowest BCUT2D eigenvalue weighted by molar-refractivity contribution is -0.121. The van der Waals surface area contributed by atoms with Gasteiger partial charge in [0.25, 0.3) is 5.56 Å². The van der Waals surface area contributed by atoms with Gasteiger partial charge in [0.15, 0.2) is 0 Å². The van der Waals surface area contributed by atoms with Crippen LogP contribution < -0.4 is 16.2 Å². The molecule has 1 aromatic carbocycles. The third-order valence-corrected chi connectivity index (χ3v) is 3.88. The fourth-order valence-corrected chi connectivity index (χ4v) is 2.65. The molecular weight excluding hydrogens is 374 g/mol. The number of carbonyl (C=O) groups is 2. The first-order valence-corrected chi connectivity index (χ1v) is 8.15. The number of aromatic nitrogens is 1. The topological polar surface area (TPSA) is 80.2 Å². The van der Waals surface area contributed by atoms with Gasteiger partial charge in [-0.25, -0.2) is 0 Å². The number of hydrogen-bond acceptors (Lipinski definition) is 3. The summed E-state index contributed by atoms with van der Waals surface area (Å²) in [7, 11) is 0. The molecular formula is C17H18BrN3O3. The molecule has 0 aliphatic carbocycles. The molecule has 0 aliphatic rings. The zero-order valence-corrected chi connectivity index (χ0v) is 15.0. The fraction of sp³-hybridized carbons (Fsp3) is 0.235. The van der Waals surface area contributed by atoms with Gasteiger partial charge in [-0.05, 0) is 36.8 Å². The third kappa shape index (κ3) is 4.79. The number of pyridine rings is 1. The summed E-state index contributed by atoms with van der Waals surface area (Å²) in [4.78, 5) is 35.6. The number of carbonyl (C=O) groups excluding carboxylic acids is 2. The number of anilines is 1. The highest BCUT2D eigenvalue weighted by molar-refractivity contribution is 9.10. The van der Waals surface area contributed by atoms with Gasteiger partial charge >= 0.3 is 0 Å². The Balaban J connectivity index is 2.08. The normalized spacial score (nSPS) is 10.3. The fourth-order valence-electron chi connectivity index (χ4n) is 2.20. The van der Waals surface area contributed by atoms with Crippen LogP contribution in [0, 0.1) is 6.92 Å². The van der Waals surface area contributed by atoms with Crippen molar-refractivity contribution < 1.29 is 9.59 Å². The second kappa shape index (κ2) is 7.92. The quantitative estimate of drug-likeness (QED) is 0.819. The van der Waals surface area contributed by atoms with Crippen LogP contribution in [-0.4, -0.2) is 16.4 Å². The molecule has 0 saturated carbocycles. The van der Waals surface area contributed by atoms with Gasteiger partial charge in [-0.2, -0.15) is 0 Å². The van der Waals surface area contributed by atoms with Crippen molar-refractivity contribution >= 4 is 33.4 Å². The van der Waals surface area contributed by atoms with Crippen molar-refractivity contribution in [2.45, 2.75) is 26.9 Å². The summed E-state index contributed by atoms with van der Waals surface area (Å²) in [5.74, 6) is -0.609. The molecule has 0 radical (unpaired) electrons. The highest BCUT2D eigenvalue weighted by Crippen LogP contribution is 2.11. The molecule has 2 amide bonds. The second-order valence-electron chi connectivity index (χ2n) is 5.37. The van der Waals surface area contributed by atoms with E-state index in [1.807, 2.05) is 24.3 Å². The average molecular weight is 392 g/mol. The third-order valence-electron chi connectivity index (χ3n) is 3.38. The highest BCUT2D eigenvalue weighted by Gasteiger charge is 2.11. The maximum absolute atomic E-state index is 12.3. The van der Waals surface area contributed by atoms with Gasteiger partial charge in [0.1, 0.15) is 12.2 Å². The van der Waals surface area contributed by atoms with Gasteiger partial charge < -0.3 is 15.2 Å². The molecule has 2 aromatic rings. The van der Waals surface area contributed by atoms with E-state index in [0.29, 0.717) is 12.2 Å². The molecule has 24 heavy (non-hydrogen) atoms. The lowest BCUT2D eigenvalue weighted by Crippen LogP contribution is -2.34. The molecule has 126 valence electrons. The van der Waals surface area contributed by atoms with E-state index >= 15 is 0 Å². The van der Waals surface area contributed by atoms with E-state index < -0.39 is 5.56 Å². The predicted octanol–water partition coefficient (Wildman–Crippen LogP) is 2.19. The number of nitrogens with zero attached hydrogens (tertiary/aromatic N) is 1. The molecule has 6 nitrogen and oxygen atoms in total. The Morgan fingerprint density at radius 2 is 1.96 bits per heavy atom. The lowest BCUT2D eigenvalue weighted by atomic mass is 10.2. The van der Waals surface area contributed by atoms with Gasteiger partial charge in [-0.3, -0.25) is 14.4 Å². The lowest BCUT2D eigenvalue weighted by Gasteiger charge is -2.12. The maximum atomic E-state index is 12.3. The van der Waals surface area contributed by atoms with Gasteiger partial charge in [0, 0.05) is 23.6 Å². The predicted molar refractivity (Wildman–Crippen MR) is 95.7 cm³/mol. The summed E-state index contributed by atoms with van der Waals surface area (Å²) in [6.07, 6.45) is 0. The molecule has 0 saturated heterocycles. The molecule has 0 aliphatic heterocycles. The van der Waals surface area contributed by atoms with Crippen LogP contribution in [0.5, 0.6) is 0 Å². The molecule has 1 heterocycles. The molecule has 2 N–H and O–H groups in total. The Morgan fingerprint density at radius 1 is 1.21 bits per heavy atom. The average Bonchev–Trinajstić information content (AvgIpc) is 2.52. The van der Waals surface area contributed by atoms with E-state index in [-0.39, 0.29) is 24.0 Å². The number of amides is 2. The summed E-state index contributed by atoms with van der Waals surface area (Å²) in [6.45, 7) is 3.33. The number of hydrogen-bond donors (Lipinski definition) is 2. The van der Waals surface area contributed by atoms with Crippen LogP contribution in [0.15, 0.2) is 45.7 Å². The zero-order chi connectivity index (χ0) is 17.7. The summed E-state index contributed by atoms with van der Waals surface area (Å²) in [5.41, 5.74) is 1.36. The molecule has 2 rings (SSSR count). The molecule has 0 unspecified atom stereocenters. The van der Waals surface area contributed by atoms with Crippen LogP contribution in [0.2, 0.25) is 0 Å². The Kier molecular flexibility index (Phi) is 5.92. The van der Waals surface area contributed by atoms with Gasteiger partial charge in [-0.15, -0.1) is 0 Å². The van der Waals surface area contributed by atoms with Crippen molar-refractivity contribution in [3.8, 4) is 0 Å². The van der Waals surface area contributed by atoms with E-state index in [0.717, 1.165) is 10.0 Å². The Bertz CT molecular complexity index is 830. The minimum atomic E-state index is -0.400. The minimum absolute atomic E-state index is 0.105.